The summed E-state index contributed by atoms with van der Waals surface area (Å²) in [5, 5.41) is 20.6. The van der Waals surface area contributed by atoms with Gasteiger partial charge in [-0.15, -0.1) is 0 Å². The van der Waals surface area contributed by atoms with E-state index in [1.807, 2.05) is 13.8 Å². The summed E-state index contributed by atoms with van der Waals surface area (Å²) in [7, 11) is 0. The average molecular weight is 376 g/mol. The molecule has 0 spiro atoms. The Balaban J connectivity index is 1.80. The van der Waals surface area contributed by atoms with E-state index in [2.05, 4.69) is 0 Å². The fraction of sp³-hybridized carbons (Fsp3) is 0.727. The summed E-state index contributed by atoms with van der Waals surface area (Å²) >= 11 is 0. The third kappa shape index (κ3) is 2.21. The van der Waals surface area contributed by atoms with Crippen LogP contribution in [0.2, 0.25) is 0 Å². The summed E-state index contributed by atoms with van der Waals surface area (Å²) in [6.07, 6.45) is 5.53. The van der Waals surface area contributed by atoms with Gasteiger partial charge in [-0.3, -0.25) is 9.59 Å². The van der Waals surface area contributed by atoms with Crippen LogP contribution >= 0.6 is 0 Å². The van der Waals surface area contributed by atoms with Crippen LogP contribution in [0.4, 0.5) is 4.39 Å². The van der Waals surface area contributed by atoms with Crippen molar-refractivity contribution in [2.45, 2.75) is 58.2 Å². The fourth-order valence-electron chi connectivity index (χ4n) is 7.36. The number of carbonyl (C=O) groups excluding carboxylic acids is 2. The van der Waals surface area contributed by atoms with Gasteiger partial charge in [0.15, 0.2) is 17.2 Å². The molecule has 0 aromatic rings. The van der Waals surface area contributed by atoms with E-state index < -0.39 is 29.2 Å². The lowest BCUT2D eigenvalue weighted by Crippen LogP contribution is -2.66. The van der Waals surface area contributed by atoms with Gasteiger partial charge in [-0.25, -0.2) is 4.39 Å². The highest BCUT2D eigenvalue weighted by molar-refractivity contribution is 6.01. The van der Waals surface area contributed by atoms with Gasteiger partial charge in [0.05, 0.1) is 6.10 Å². The molecular formula is C22H29FO4. The Morgan fingerprint density at radius 1 is 1.33 bits per heavy atom. The number of ketones is 2. The van der Waals surface area contributed by atoms with Crippen molar-refractivity contribution < 1.29 is 24.2 Å². The van der Waals surface area contributed by atoms with E-state index in [4.69, 9.17) is 0 Å². The zero-order valence-electron chi connectivity index (χ0n) is 16.2. The van der Waals surface area contributed by atoms with Crippen LogP contribution in [0.1, 0.15) is 46.5 Å². The second-order valence-corrected chi connectivity index (χ2v) is 9.67. The van der Waals surface area contributed by atoms with Crippen LogP contribution in [0.15, 0.2) is 23.8 Å². The molecule has 0 bridgehead atoms. The summed E-state index contributed by atoms with van der Waals surface area (Å²) < 4.78 is 16.8. The number of halogens is 1. The standard InChI is InChI=1S/C22H29FO4/c1-12-8-16-15-5-4-13-9-14(25)6-7-21(13,3)22(15,23)18(27)10-20(16,2)19(12)17(26)11-24/h6-7,9,12,15-16,18-19,24,27H,4-5,8,10-11H2,1-3H3/t12-,15?,16?,18+,19-,20+,21+,22+/m1/s1. The number of hydrogen-bond donors (Lipinski definition) is 2. The monoisotopic (exact) mass is 376 g/mol. The summed E-state index contributed by atoms with van der Waals surface area (Å²) in [6, 6.07) is 0. The molecule has 3 saturated carbocycles. The Morgan fingerprint density at radius 2 is 2.04 bits per heavy atom. The smallest absolute Gasteiger partial charge is 0.178 e. The van der Waals surface area contributed by atoms with Crippen LogP contribution in [0.5, 0.6) is 0 Å². The number of aliphatic hydroxyl groups is 2. The molecule has 0 heterocycles. The van der Waals surface area contributed by atoms with Crippen molar-refractivity contribution in [3.63, 3.8) is 0 Å². The predicted molar refractivity (Wildman–Crippen MR) is 98.5 cm³/mol. The van der Waals surface area contributed by atoms with Crippen LogP contribution in [0.3, 0.4) is 0 Å². The highest BCUT2D eigenvalue weighted by atomic mass is 19.1. The molecule has 2 unspecified atom stereocenters. The molecule has 0 aromatic carbocycles. The van der Waals surface area contributed by atoms with Gasteiger partial charge in [0, 0.05) is 17.3 Å². The van der Waals surface area contributed by atoms with Crippen molar-refractivity contribution in [1.82, 2.24) is 0 Å². The Bertz CT molecular complexity index is 757. The molecule has 0 amide bonds. The fourth-order valence-corrected chi connectivity index (χ4v) is 7.36. The molecule has 4 aliphatic carbocycles. The minimum atomic E-state index is -1.85. The zero-order valence-corrected chi connectivity index (χ0v) is 16.2. The largest absolute Gasteiger partial charge is 0.390 e. The van der Waals surface area contributed by atoms with E-state index in [0.717, 1.165) is 12.0 Å². The molecule has 3 fully saturated rings. The molecule has 8 atom stereocenters. The molecule has 0 saturated heterocycles. The maximum atomic E-state index is 16.8. The zero-order chi connectivity index (χ0) is 19.8. The minimum absolute atomic E-state index is 0.0224. The van der Waals surface area contributed by atoms with Gasteiger partial charge in [-0.05, 0) is 62.0 Å². The van der Waals surface area contributed by atoms with Crippen LogP contribution in [0.25, 0.3) is 0 Å². The number of Topliss-reactive ketones (excluding diaryl/α,β-unsaturated/α-hetero) is 1. The van der Waals surface area contributed by atoms with Crippen molar-refractivity contribution in [3.05, 3.63) is 23.8 Å². The van der Waals surface area contributed by atoms with Gasteiger partial charge in [0.2, 0.25) is 0 Å². The van der Waals surface area contributed by atoms with E-state index in [9.17, 15) is 19.8 Å². The van der Waals surface area contributed by atoms with Gasteiger partial charge in [0.1, 0.15) is 6.61 Å². The second-order valence-electron chi connectivity index (χ2n) is 9.67. The van der Waals surface area contributed by atoms with Crippen molar-refractivity contribution in [2.75, 3.05) is 6.61 Å². The first-order valence-corrected chi connectivity index (χ1v) is 10.0. The maximum absolute atomic E-state index is 16.8. The third-order valence-corrected chi connectivity index (χ3v) is 8.48. The quantitative estimate of drug-likeness (QED) is 0.777. The topological polar surface area (TPSA) is 74.6 Å². The molecular weight excluding hydrogens is 347 g/mol. The Labute approximate surface area is 159 Å². The lowest BCUT2D eigenvalue weighted by Gasteiger charge is -2.62. The normalized spacial score (nSPS) is 51.3. The second kappa shape index (κ2) is 5.84. The van der Waals surface area contributed by atoms with Gasteiger partial charge in [-0.1, -0.05) is 25.5 Å². The van der Waals surface area contributed by atoms with Gasteiger partial charge < -0.3 is 10.2 Å². The lowest BCUT2D eigenvalue weighted by molar-refractivity contribution is -0.195. The number of aliphatic hydroxyl groups excluding tert-OH is 2. The highest BCUT2D eigenvalue weighted by Gasteiger charge is 2.71. The number of rotatable bonds is 2. The summed E-state index contributed by atoms with van der Waals surface area (Å²) in [6.45, 7) is 5.29. The van der Waals surface area contributed by atoms with Gasteiger partial charge in [0.25, 0.3) is 0 Å². The molecule has 4 aliphatic rings. The molecule has 4 nitrogen and oxygen atoms in total. The highest BCUT2D eigenvalue weighted by Crippen LogP contribution is 2.69. The first kappa shape index (κ1) is 19.0. The van der Waals surface area contributed by atoms with Crippen molar-refractivity contribution in [1.29, 1.82) is 0 Å². The average Bonchev–Trinajstić information content (AvgIpc) is 2.86. The molecule has 0 radical (unpaired) electrons. The molecule has 0 aromatic heterocycles. The Morgan fingerprint density at radius 3 is 2.70 bits per heavy atom. The summed E-state index contributed by atoms with van der Waals surface area (Å²) in [5.41, 5.74) is -2.59. The van der Waals surface area contributed by atoms with Crippen LogP contribution in [0, 0.1) is 34.5 Å². The molecule has 4 rings (SSSR count). The number of carbonyl (C=O) groups is 2. The third-order valence-electron chi connectivity index (χ3n) is 8.48. The Kier molecular flexibility index (Phi) is 4.11. The predicted octanol–water partition coefficient (Wildman–Crippen LogP) is 2.78. The number of alkyl halides is 1. The van der Waals surface area contributed by atoms with E-state index >= 15 is 4.39 Å². The van der Waals surface area contributed by atoms with Crippen LogP contribution < -0.4 is 0 Å². The first-order valence-electron chi connectivity index (χ1n) is 10.0. The van der Waals surface area contributed by atoms with Crippen molar-refractivity contribution in [2.24, 2.45) is 34.5 Å². The maximum Gasteiger partial charge on any atom is 0.178 e. The van der Waals surface area contributed by atoms with E-state index in [0.29, 0.717) is 12.8 Å². The minimum Gasteiger partial charge on any atom is -0.390 e. The lowest BCUT2D eigenvalue weighted by atomic mass is 9.45. The van der Waals surface area contributed by atoms with E-state index in [1.54, 1.807) is 13.0 Å². The molecule has 2 N–H and O–H groups in total. The van der Waals surface area contributed by atoms with Crippen molar-refractivity contribution in [3.8, 4) is 0 Å². The Hall–Kier alpha value is -1.33. The number of fused-ring (bicyclic) bond motifs is 5. The molecule has 0 aliphatic heterocycles. The van der Waals surface area contributed by atoms with E-state index in [-0.39, 0.29) is 41.7 Å². The van der Waals surface area contributed by atoms with Gasteiger partial charge in [-0.2, -0.15) is 0 Å². The number of hydrogen-bond acceptors (Lipinski definition) is 4. The molecule has 5 heteroatoms. The molecule has 148 valence electrons. The van der Waals surface area contributed by atoms with Crippen molar-refractivity contribution >= 4 is 11.6 Å². The van der Waals surface area contributed by atoms with Crippen LogP contribution in [-0.2, 0) is 9.59 Å². The van der Waals surface area contributed by atoms with E-state index in [1.165, 1.54) is 12.2 Å². The number of allylic oxidation sites excluding steroid dienone is 4. The summed E-state index contributed by atoms with van der Waals surface area (Å²) in [5.74, 6) is -1.00. The first-order chi connectivity index (χ1) is 12.6. The summed E-state index contributed by atoms with van der Waals surface area (Å²) in [4.78, 5) is 24.3. The SMILES string of the molecule is C[C@@H]1CC2C3CCC4=CC(=O)C=C[C@]4(C)[C@@]3(F)[C@@H](O)C[C@]2(C)[C@H]1C(=O)CO. The van der Waals surface area contributed by atoms with Gasteiger partial charge >= 0.3 is 0 Å². The molecule has 27 heavy (non-hydrogen) atoms. The van der Waals surface area contributed by atoms with Crippen LogP contribution in [-0.4, -0.2) is 40.2 Å².